The third kappa shape index (κ3) is 4.02. The average Bonchev–Trinajstić information content (AvgIpc) is 3.09. The molecule has 7 nitrogen and oxygen atoms in total. The van der Waals surface area contributed by atoms with E-state index in [4.69, 9.17) is 22.2 Å². The van der Waals surface area contributed by atoms with Crippen LogP contribution in [0.2, 0.25) is 5.02 Å². The van der Waals surface area contributed by atoms with Gasteiger partial charge in [0.25, 0.3) is 5.91 Å². The fourth-order valence-corrected chi connectivity index (χ4v) is 3.00. The van der Waals surface area contributed by atoms with Crippen LogP contribution in [-0.2, 0) is 4.79 Å². The van der Waals surface area contributed by atoms with Crippen molar-refractivity contribution in [1.29, 1.82) is 0 Å². The first-order valence-electron chi connectivity index (χ1n) is 7.77. The molecule has 2 aromatic carbocycles. The van der Waals surface area contributed by atoms with Crippen LogP contribution in [0.3, 0.4) is 0 Å². The molecule has 2 atom stereocenters. The van der Waals surface area contributed by atoms with Gasteiger partial charge >= 0.3 is 0 Å². The first kappa shape index (κ1) is 17.5. The molecule has 3 rings (SSSR count). The molecule has 1 aliphatic rings. The van der Waals surface area contributed by atoms with Gasteiger partial charge in [0.1, 0.15) is 11.5 Å². The van der Waals surface area contributed by atoms with Crippen LogP contribution in [0.1, 0.15) is 23.1 Å². The first-order valence-corrected chi connectivity index (χ1v) is 8.15. The molecule has 8 heteroatoms. The Hall–Kier alpha value is -2.32. The Labute approximate surface area is 150 Å². The number of aromatic hydroxyl groups is 1. The third-order valence-electron chi connectivity index (χ3n) is 4.15. The van der Waals surface area contributed by atoms with Crippen LogP contribution in [-0.4, -0.2) is 24.2 Å². The summed E-state index contributed by atoms with van der Waals surface area (Å²) in [5.74, 6) is 5.16. The largest absolute Gasteiger partial charge is 0.507 e. The standard InChI is InChI=1S/C17H19ClN4O3/c18-11-3-1-10(2-4-11)14-8-20-22-17(14)13-6-5-12(7-15(13)23)25-9-16(24)21-19/h1-7,14,17,20,22-23H,8-9,19H2,(H,21,24). The van der Waals surface area contributed by atoms with Crippen LogP contribution in [0.4, 0.5) is 0 Å². The number of hydrogen-bond acceptors (Lipinski definition) is 6. The second-order valence-corrected chi connectivity index (χ2v) is 6.17. The number of amides is 1. The number of carbonyl (C=O) groups excluding carboxylic acids is 1. The molecule has 1 amide bonds. The van der Waals surface area contributed by atoms with Crippen molar-refractivity contribution in [3.63, 3.8) is 0 Å². The summed E-state index contributed by atoms with van der Waals surface area (Å²) in [5, 5.41) is 11.1. The minimum atomic E-state index is -0.451. The number of hydrazine groups is 2. The topological polar surface area (TPSA) is 109 Å². The van der Waals surface area contributed by atoms with Crippen molar-refractivity contribution >= 4 is 17.5 Å². The highest BCUT2D eigenvalue weighted by Crippen LogP contribution is 2.38. The third-order valence-corrected chi connectivity index (χ3v) is 4.40. The normalized spacial score (nSPS) is 19.6. The predicted molar refractivity (Wildman–Crippen MR) is 94.0 cm³/mol. The minimum Gasteiger partial charge on any atom is -0.507 e. The highest BCUT2D eigenvalue weighted by atomic mass is 35.5. The molecular weight excluding hydrogens is 344 g/mol. The molecule has 25 heavy (non-hydrogen) atoms. The number of phenolic OH excluding ortho intramolecular Hbond substituents is 1. The molecule has 1 aliphatic heterocycles. The number of rotatable bonds is 5. The van der Waals surface area contributed by atoms with Crippen molar-refractivity contribution in [2.75, 3.05) is 13.2 Å². The molecule has 6 N–H and O–H groups in total. The molecular formula is C17H19ClN4O3. The Bertz CT molecular complexity index is 754. The zero-order valence-corrected chi connectivity index (χ0v) is 14.1. The van der Waals surface area contributed by atoms with Crippen molar-refractivity contribution in [2.45, 2.75) is 12.0 Å². The van der Waals surface area contributed by atoms with E-state index in [9.17, 15) is 9.90 Å². The number of ether oxygens (including phenoxy) is 1. The van der Waals surface area contributed by atoms with E-state index < -0.39 is 5.91 Å². The maximum Gasteiger partial charge on any atom is 0.271 e. The van der Waals surface area contributed by atoms with E-state index >= 15 is 0 Å². The van der Waals surface area contributed by atoms with Gasteiger partial charge in [-0.3, -0.25) is 15.6 Å². The Balaban J connectivity index is 1.78. The summed E-state index contributed by atoms with van der Waals surface area (Å²) in [4.78, 5) is 11.1. The molecule has 2 aromatic rings. The van der Waals surface area contributed by atoms with Gasteiger partial charge < -0.3 is 9.84 Å². The lowest BCUT2D eigenvalue weighted by molar-refractivity contribution is -0.123. The lowest BCUT2D eigenvalue weighted by Crippen LogP contribution is -2.34. The van der Waals surface area contributed by atoms with E-state index in [1.54, 1.807) is 12.1 Å². The second-order valence-electron chi connectivity index (χ2n) is 5.74. The number of nitrogens with two attached hydrogens (primary N) is 1. The molecule has 0 spiro atoms. The Kier molecular flexibility index (Phi) is 5.40. The highest BCUT2D eigenvalue weighted by Gasteiger charge is 2.31. The monoisotopic (exact) mass is 362 g/mol. The van der Waals surface area contributed by atoms with Gasteiger partial charge in [-0.05, 0) is 23.8 Å². The number of benzene rings is 2. The van der Waals surface area contributed by atoms with Crippen LogP contribution in [0.5, 0.6) is 11.5 Å². The van der Waals surface area contributed by atoms with Gasteiger partial charge in [-0.2, -0.15) is 0 Å². The van der Waals surface area contributed by atoms with Crippen LogP contribution in [0.15, 0.2) is 42.5 Å². The van der Waals surface area contributed by atoms with Gasteiger partial charge in [0.15, 0.2) is 6.61 Å². The molecule has 0 saturated carbocycles. The fourth-order valence-electron chi connectivity index (χ4n) is 2.88. The first-order chi connectivity index (χ1) is 12.1. The lowest BCUT2D eigenvalue weighted by Gasteiger charge is -2.20. The summed E-state index contributed by atoms with van der Waals surface area (Å²) in [6.45, 7) is 0.507. The predicted octanol–water partition coefficient (Wildman–Crippen LogP) is 1.35. The van der Waals surface area contributed by atoms with Crippen molar-refractivity contribution in [2.24, 2.45) is 5.84 Å². The van der Waals surface area contributed by atoms with Gasteiger partial charge in [-0.25, -0.2) is 11.3 Å². The van der Waals surface area contributed by atoms with Crippen LogP contribution in [0, 0.1) is 0 Å². The van der Waals surface area contributed by atoms with Crippen LogP contribution in [0.25, 0.3) is 0 Å². The minimum absolute atomic E-state index is 0.0887. The van der Waals surface area contributed by atoms with Crippen LogP contribution >= 0.6 is 11.6 Å². The van der Waals surface area contributed by atoms with Crippen LogP contribution < -0.4 is 26.9 Å². The van der Waals surface area contributed by atoms with Crippen molar-refractivity contribution in [3.8, 4) is 11.5 Å². The van der Waals surface area contributed by atoms with Crippen molar-refractivity contribution in [1.82, 2.24) is 16.3 Å². The lowest BCUT2D eigenvalue weighted by atomic mass is 9.88. The average molecular weight is 363 g/mol. The molecule has 0 aliphatic carbocycles. The highest BCUT2D eigenvalue weighted by molar-refractivity contribution is 6.30. The fraction of sp³-hybridized carbons (Fsp3) is 0.235. The zero-order valence-electron chi connectivity index (χ0n) is 13.3. The summed E-state index contributed by atoms with van der Waals surface area (Å²) < 4.78 is 5.28. The number of nitrogens with one attached hydrogen (secondary N) is 3. The number of carbonyl (C=O) groups is 1. The van der Waals surface area contributed by atoms with Gasteiger partial charge in [-0.1, -0.05) is 29.8 Å². The molecule has 1 heterocycles. The molecule has 132 valence electrons. The summed E-state index contributed by atoms with van der Waals surface area (Å²) in [6, 6.07) is 12.5. The molecule has 0 bridgehead atoms. The number of phenols is 1. The Morgan fingerprint density at radius 3 is 2.76 bits per heavy atom. The van der Waals surface area contributed by atoms with E-state index in [0.717, 1.165) is 17.7 Å². The smallest absolute Gasteiger partial charge is 0.271 e. The van der Waals surface area contributed by atoms with Gasteiger partial charge in [-0.15, -0.1) is 0 Å². The molecule has 2 unspecified atom stereocenters. The molecule has 1 fully saturated rings. The number of halogens is 1. The number of hydrogen-bond donors (Lipinski definition) is 5. The molecule has 0 aromatic heterocycles. The van der Waals surface area contributed by atoms with Crippen molar-refractivity contribution < 1.29 is 14.6 Å². The van der Waals surface area contributed by atoms with Gasteiger partial charge in [0.2, 0.25) is 0 Å². The van der Waals surface area contributed by atoms with E-state index in [0.29, 0.717) is 10.8 Å². The SMILES string of the molecule is NNC(=O)COc1ccc(C2NNCC2c2ccc(Cl)cc2)c(O)c1. The second kappa shape index (κ2) is 7.71. The Morgan fingerprint density at radius 1 is 1.32 bits per heavy atom. The molecule has 0 radical (unpaired) electrons. The van der Waals surface area contributed by atoms with E-state index in [-0.39, 0.29) is 24.3 Å². The quantitative estimate of drug-likeness (QED) is 0.312. The van der Waals surface area contributed by atoms with E-state index in [2.05, 4.69) is 10.9 Å². The summed E-state index contributed by atoms with van der Waals surface area (Å²) >= 11 is 5.96. The summed E-state index contributed by atoms with van der Waals surface area (Å²) in [6.07, 6.45) is 0. The van der Waals surface area contributed by atoms with Gasteiger partial charge in [0, 0.05) is 29.1 Å². The van der Waals surface area contributed by atoms with E-state index in [1.165, 1.54) is 6.07 Å². The Morgan fingerprint density at radius 2 is 2.08 bits per heavy atom. The zero-order chi connectivity index (χ0) is 17.8. The summed E-state index contributed by atoms with van der Waals surface area (Å²) in [5.41, 5.74) is 10.2. The van der Waals surface area contributed by atoms with E-state index in [1.807, 2.05) is 29.7 Å². The molecule has 1 saturated heterocycles. The summed E-state index contributed by atoms with van der Waals surface area (Å²) in [7, 11) is 0. The maximum absolute atomic E-state index is 11.1. The van der Waals surface area contributed by atoms with Gasteiger partial charge in [0.05, 0.1) is 6.04 Å². The maximum atomic E-state index is 11.1. The van der Waals surface area contributed by atoms with Crippen molar-refractivity contribution in [3.05, 3.63) is 58.6 Å².